The fourth-order valence-electron chi connectivity index (χ4n) is 2.96. The Balaban J connectivity index is 2.05. The summed E-state index contributed by atoms with van der Waals surface area (Å²) in [4.78, 5) is 6.43. The molecule has 8 nitrogen and oxygen atoms in total. The van der Waals surface area contributed by atoms with Gasteiger partial charge in [-0.1, -0.05) is 32.1 Å². The lowest BCUT2D eigenvalue weighted by atomic mass is 10.1. The van der Waals surface area contributed by atoms with E-state index in [9.17, 15) is 0 Å². The normalized spacial score (nSPS) is 11.3. The average molecular weight is 418 g/mol. The number of nitrogen functional groups attached to an aromatic ring is 1. The van der Waals surface area contributed by atoms with Gasteiger partial charge in [-0.25, -0.2) is 0 Å². The molecule has 0 aliphatic heterocycles. The van der Waals surface area contributed by atoms with Crippen LogP contribution in [0.15, 0.2) is 29.3 Å². The molecule has 0 bridgehead atoms. The molecule has 1 aromatic rings. The average Bonchev–Trinajstić information content (AvgIpc) is 2.72. The largest absolute Gasteiger partial charge is 0.494 e. The van der Waals surface area contributed by atoms with Crippen molar-refractivity contribution in [2.24, 2.45) is 22.2 Å². The molecule has 0 aromatic heterocycles. The zero-order chi connectivity index (χ0) is 22.2. The smallest absolute Gasteiger partial charge is 0.190 e. The first-order chi connectivity index (χ1) is 14.4. The molecule has 30 heavy (non-hydrogen) atoms. The zero-order valence-electron chi connectivity index (χ0n) is 18.3. The molecule has 8 N–H and O–H groups in total. The van der Waals surface area contributed by atoms with E-state index in [0.717, 1.165) is 44.4 Å². The van der Waals surface area contributed by atoms with Crippen molar-refractivity contribution in [3.8, 4) is 5.75 Å². The Labute approximate surface area is 180 Å². The molecule has 0 heterocycles. The van der Waals surface area contributed by atoms with Crippen LogP contribution in [0.4, 0.5) is 0 Å². The van der Waals surface area contributed by atoms with Crippen molar-refractivity contribution in [2.75, 3.05) is 26.7 Å². The first-order valence-corrected chi connectivity index (χ1v) is 10.8. The van der Waals surface area contributed by atoms with Gasteiger partial charge in [-0.05, 0) is 37.1 Å². The third-order valence-corrected chi connectivity index (χ3v) is 4.84. The quantitative estimate of drug-likeness (QED) is 0.159. The van der Waals surface area contributed by atoms with E-state index in [1.165, 1.54) is 25.7 Å². The van der Waals surface area contributed by atoms with E-state index >= 15 is 0 Å². The van der Waals surface area contributed by atoms with Crippen LogP contribution >= 0.6 is 0 Å². The number of nitrogens with zero attached hydrogens (tertiary/aromatic N) is 2. The van der Waals surface area contributed by atoms with Crippen LogP contribution in [0.1, 0.15) is 63.4 Å². The highest BCUT2D eigenvalue weighted by atomic mass is 16.5. The van der Waals surface area contributed by atoms with Gasteiger partial charge in [0, 0.05) is 38.5 Å². The second kappa shape index (κ2) is 15.1. The molecule has 0 saturated heterocycles. The van der Waals surface area contributed by atoms with Gasteiger partial charge < -0.3 is 26.8 Å². The SMILES string of the molecule is CN(CCCCCCCCCC(=N)N)C(N)=NCCCOc1ccc(C(=N)N)cc1. The van der Waals surface area contributed by atoms with Gasteiger partial charge in [0.1, 0.15) is 11.6 Å². The Kier molecular flexibility index (Phi) is 12.7. The molecular formula is C22H39N7O. The molecule has 0 aliphatic rings. The minimum atomic E-state index is 0.0524. The molecule has 0 atom stereocenters. The highest BCUT2D eigenvalue weighted by molar-refractivity contribution is 5.94. The van der Waals surface area contributed by atoms with E-state index in [2.05, 4.69) is 4.99 Å². The predicted octanol–water partition coefficient (Wildman–Crippen LogP) is 3.04. The zero-order valence-corrected chi connectivity index (χ0v) is 18.3. The standard InChI is InChI=1S/C22H39N7O/c1-29(16-8-6-4-2-3-5-7-10-20(23)24)22(27)28-15-9-17-30-19-13-11-18(12-14-19)21(25)26/h11-14H,2-10,15-17H2,1H3,(H3,23,24)(H3,25,26)(H2,27,28). The number of nitrogens with one attached hydrogen (secondary N) is 2. The number of unbranched alkanes of at least 4 members (excludes halogenated alkanes) is 6. The number of nitrogens with two attached hydrogens (primary N) is 3. The Hall–Kier alpha value is -2.77. The van der Waals surface area contributed by atoms with Crippen molar-refractivity contribution in [3.63, 3.8) is 0 Å². The van der Waals surface area contributed by atoms with Crippen LogP contribution in [-0.4, -0.2) is 49.3 Å². The lowest BCUT2D eigenvalue weighted by Crippen LogP contribution is -2.35. The van der Waals surface area contributed by atoms with Crippen molar-refractivity contribution in [2.45, 2.75) is 57.8 Å². The molecule has 0 aliphatic carbocycles. The number of hydrogen-bond acceptors (Lipinski definition) is 4. The van der Waals surface area contributed by atoms with Crippen LogP contribution < -0.4 is 21.9 Å². The molecule has 168 valence electrons. The van der Waals surface area contributed by atoms with E-state index in [1.807, 2.05) is 24.1 Å². The number of amidine groups is 2. The number of ether oxygens (including phenoxy) is 1. The lowest BCUT2D eigenvalue weighted by Gasteiger charge is -2.18. The Bertz CT molecular complexity index is 658. The summed E-state index contributed by atoms with van der Waals surface area (Å²) in [5.74, 6) is 1.68. The molecule has 8 heteroatoms. The summed E-state index contributed by atoms with van der Waals surface area (Å²) in [6, 6.07) is 7.18. The second-order valence-electron chi connectivity index (χ2n) is 7.55. The fourth-order valence-corrected chi connectivity index (χ4v) is 2.96. The first kappa shape index (κ1) is 25.3. The number of hydrogen-bond donors (Lipinski definition) is 5. The summed E-state index contributed by atoms with van der Waals surface area (Å²) in [5, 5.41) is 14.6. The van der Waals surface area contributed by atoms with Crippen molar-refractivity contribution < 1.29 is 4.74 Å². The van der Waals surface area contributed by atoms with E-state index in [-0.39, 0.29) is 5.84 Å². The maximum atomic E-state index is 7.38. The van der Waals surface area contributed by atoms with Crippen molar-refractivity contribution in [1.82, 2.24) is 4.90 Å². The molecule has 1 aromatic carbocycles. The van der Waals surface area contributed by atoms with Gasteiger partial charge in [-0.15, -0.1) is 0 Å². The summed E-state index contributed by atoms with van der Waals surface area (Å²) in [7, 11) is 1.98. The van der Waals surface area contributed by atoms with Gasteiger partial charge in [0.25, 0.3) is 0 Å². The summed E-state index contributed by atoms with van der Waals surface area (Å²) >= 11 is 0. The third-order valence-electron chi connectivity index (χ3n) is 4.84. The lowest BCUT2D eigenvalue weighted by molar-refractivity contribution is 0.313. The summed E-state index contributed by atoms with van der Waals surface area (Å²) in [6.45, 7) is 2.10. The van der Waals surface area contributed by atoms with Gasteiger partial charge in [-0.2, -0.15) is 0 Å². The fraction of sp³-hybridized carbons (Fsp3) is 0.591. The second-order valence-corrected chi connectivity index (χ2v) is 7.55. The highest BCUT2D eigenvalue weighted by Crippen LogP contribution is 2.12. The third kappa shape index (κ3) is 11.9. The topological polar surface area (TPSA) is 151 Å². The van der Waals surface area contributed by atoms with E-state index in [0.29, 0.717) is 30.5 Å². The van der Waals surface area contributed by atoms with Crippen molar-refractivity contribution >= 4 is 17.6 Å². The van der Waals surface area contributed by atoms with Gasteiger partial charge in [-0.3, -0.25) is 15.8 Å². The highest BCUT2D eigenvalue weighted by Gasteiger charge is 2.02. The maximum absolute atomic E-state index is 7.38. The Morgan fingerprint density at radius 2 is 1.50 bits per heavy atom. The molecule has 0 amide bonds. The molecule has 0 saturated carbocycles. The van der Waals surface area contributed by atoms with Gasteiger partial charge in [0.05, 0.1) is 12.4 Å². The Morgan fingerprint density at radius 3 is 2.10 bits per heavy atom. The van der Waals surface area contributed by atoms with Gasteiger partial charge >= 0.3 is 0 Å². The van der Waals surface area contributed by atoms with Crippen LogP contribution in [0.3, 0.4) is 0 Å². The number of aliphatic imine (C=N–C) groups is 1. The molecular weight excluding hydrogens is 378 g/mol. The summed E-state index contributed by atoms with van der Waals surface area (Å²) in [6.07, 6.45) is 9.69. The first-order valence-electron chi connectivity index (χ1n) is 10.8. The van der Waals surface area contributed by atoms with Crippen LogP contribution in [0.25, 0.3) is 0 Å². The van der Waals surface area contributed by atoms with E-state index < -0.39 is 0 Å². The summed E-state index contributed by atoms with van der Waals surface area (Å²) in [5.41, 5.74) is 17.5. The monoisotopic (exact) mass is 417 g/mol. The minimum Gasteiger partial charge on any atom is -0.494 e. The van der Waals surface area contributed by atoms with Gasteiger partial charge in [0.15, 0.2) is 5.96 Å². The molecule has 0 spiro atoms. The number of rotatable bonds is 16. The van der Waals surface area contributed by atoms with Crippen LogP contribution in [0.2, 0.25) is 0 Å². The number of guanidine groups is 1. The van der Waals surface area contributed by atoms with E-state index in [4.69, 9.17) is 32.8 Å². The van der Waals surface area contributed by atoms with Crippen molar-refractivity contribution in [3.05, 3.63) is 29.8 Å². The minimum absolute atomic E-state index is 0.0524. The molecule has 0 fully saturated rings. The van der Waals surface area contributed by atoms with E-state index in [1.54, 1.807) is 12.1 Å². The predicted molar refractivity (Wildman–Crippen MR) is 126 cm³/mol. The molecule has 0 unspecified atom stereocenters. The molecule has 1 rings (SSSR count). The van der Waals surface area contributed by atoms with Crippen LogP contribution in [0, 0.1) is 10.8 Å². The summed E-state index contributed by atoms with van der Waals surface area (Å²) < 4.78 is 5.67. The van der Waals surface area contributed by atoms with Crippen molar-refractivity contribution in [1.29, 1.82) is 10.8 Å². The van der Waals surface area contributed by atoms with Crippen LogP contribution in [-0.2, 0) is 0 Å². The molecule has 0 radical (unpaired) electrons. The maximum Gasteiger partial charge on any atom is 0.190 e. The van der Waals surface area contributed by atoms with Crippen LogP contribution in [0.5, 0.6) is 5.75 Å². The van der Waals surface area contributed by atoms with Gasteiger partial charge in [0.2, 0.25) is 0 Å². The number of benzene rings is 1. The Morgan fingerprint density at radius 1 is 0.900 bits per heavy atom.